The van der Waals surface area contributed by atoms with Gasteiger partial charge in [0.1, 0.15) is 16.9 Å². The van der Waals surface area contributed by atoms with E-state index in [2.05, 4.69) is 29.4 Å². The molecule has 0 saturated carbocycles. The van der Waals surface area contributed by atoms with E-state index in [4.69, 9.17) is 31.8 Å². The number of hydrogen-bond donors (Lipinski definition) is 2. The van der Waals surface area contributed by atoms with Crippen molar-refractivity contribution in [3.63, 3.8) is 0 Å². The van der Waals surface area contributed by atoms with Crippen LogP contribution in [0.1, 0.15) is 45.7 Å². The van der Waals surface area contributed by atoms with Gasteiger partial charge in [0.25, 0.3) is 0 Å². The van der Waals surface area contributed by atoms with E-state index < -0.39 is 6.04 Å². The number of thiophene rings is 1. The zero-order chi connectivity index (χ0) is 25.7. The Kier molecular flexibility index (Phi) is 8.86. The van der Waals surface area contributed by atoms with E-state index in [1.54, 1.807) is 11.3 Å². The van der Waals surface area contributed by atoms with Crippen LogP contribution in [0.25, 0.3) is 5.00 Å². The van der Waals surface area contributed by atoms with Crippen LogP contribution < -0.4 is 11.1 Å². The fourth-order valence-corrected chi connectivity index (χ4v) is 5.39. The minimum Gasteiger partial charge on any atom is -0.378 e. The van der Waals surface area contributed by atoms with Crippen molar-refractivity contribution in [2.24, 2.45) is 10.7 Å². The maximum Gasteiger partial charge on any atom is 0.222 e. The molecular formula is C25H31ClN6O3S. The number of hydrogen-bond acceptors (Lipinski definition) is 8. The average Bonchev–Trinajstić information content (AvgIpc) is 3.33. The van der Waals surface area contributed by atoms with E-state index in [-0.39, 0.29) is 12.3 Å². The van der Waals surface area contributed by atoms with Crippen molar-refractivity contribution in [3.8, 4) is 5.00 Å². The summed E-state index contributed by atoms with van der Waals surface area (Å²) in [4.78, 5) is 19.2. The Hall–Kier alpha value is -2.63. The number of amides is 1. The van der Waals surface area contributed by atoms with Gasteiger partial charge < -0.3 is 20.5 Å². The fourth-order valence-electron chi connectivity index (χ4n) is 4.05. The number of halogens is 1. The predicted molar refractivity (Wildman–Crippen MR) is 142 cm³/mol. The fraction of sp³-hybridized carbons (Fsp3) is 0.440. The third-order valence-corrected chi connectivity index (χ3v) is 7.38. The molecule has 3 N–H and O–H groups in total. The van der Waals surface area contributed by atoms with Crippen LogP contribution in [0.3, 0.4) is 0 Å². The van der Waals surface area contributed by atoms with Crippen LogP contribution in [0.4, 0.5) is 0 Å². The molecule has 11 heteroatoms. The van der Waals surface area contributed by atoms with Crippen LogP contribution in [-0.2, 0) is 14.3 Å². The highest BCUT2D eigenvalue weighted by molar-refractivity contribution is 7.15. The van der Waals surface area contributed by atoms with Gasteiger partial charge >= 0.3 is 0 Å². The van der Waals surface area contributed by atoms with E-state index >= 15 is 0 Å². The summed E-state index contributed by atoms with van der Waals surface area (Å²) in [6.07, 6.45) is 0.141. The lowest BCUT2D eigenvalue weighted by atomic mass is 9.99. The highest BCUT2D eigenvalue weighted by atomic mass is 35.5. The molecule has 1 aliphatic rings. The summed E-state index contributed by atoms with van der Waals surface area (Å²) < 4.78 is 12.8. The largest absolute Gasteiger partial charge is 0.378 e. The first kappa shape index (κ1) is 26.4. The van der Waals surface area contributed by atoms with Gasteiger partial charge in [0.05, 0.1) is 38.6 Å². The van der Waals surface area contributed by atoms with E-state index in [0.29, 0.717) is 50.4 Å². The average molecular weight is 531 g/mol. The Morgan fingerprint density at radius 2 is 1.83 bits per heavy atom. The summed E-state index contributed by atoms with van der Waals surface area (Å²) in [7, 11) is 0. The lowest BCUT2D eigenvalue weighted by molar-refractivity contribution is -0.121. The zero-order valence-corrected chi connectivity index (χ0v) is 22.3. The summed E-state index contributed by atoms with van der Waals surface area (Å²) in [5.74, 6) is 1.28. The molecule has 4 rings (SSSR count). The summed E-state index contributed by atoms with van der Waals surface area (Å²) in [6, 6.07) is 7.13. The minimum atomic E-state index is -0.498. The van der Waals surface area contributed by atoms with Crippen molar-refractivity contribution in [2.45, 2.75) is 33.2 Å². The number of benzene rings is 1. The number of carbonyl (C=O) groups is 1. The van der Waals surface area contributed by atoms with Crippen molar-refractivity contribution >= 4 is 34.6 Å². The molecule has 192 valence electrons. The summed E-state index contributed by atoms with van der Waals surface area (Å²) in [5.41, 5.74) is 9.34. The monoisotopic (exact) mass is 530 g/mol. The summed E-state index contributed by atoms with van der Waals surface area (Å²) in [5, 5.41) is 13.4. The normalized spacial score (nSPS) is 14.7. The molecule has 0 radical (unpaired) electrons. The number of ether oxygens (including phenoxy) is 2. The molecular weight excluding hydrogens is 500 g/mol. The molecule has 9 nitrogen and oxygen atoms in total. The van der Waals surface area contributed by atoms with Gasteiger partial charge in [-0.2, -0.15) is 0 Å². The quantitative estimate of drug-likeness (QED) is 0.367. The van der Waals surface area contributed by atoms with Crippen LogP contribution in [0, 0.1) is 20.8 Å². The van der Waals surface area contributed by atoms with Gasteiger partial charge in [0, 0.05) is 34.1 Å². The number of aromatic nitrogens is 3. The topological polar surface area (TPSA) is 117 Å². The van der Waals surface area contributed by atoms with Gasteiger partial charge in [-0.15, -0.1) is 21.5 Å². The molecule has 0 spiro atoms. The van der Waals surface area contributed by atoms with Gasteiger partial charge in [0.15, 0.2) is 5.82 Å². The predicted octanol–water partition coefficient (Wildman–Crippen LogP) is 3.30. The highest BCUT2D eigenvalue weighted by Gasteiger charge is 2.32. The molecule has 1 amide bonds. The maximum absolute atomic E-state index is 12.9. The molecule has 1 atom stereocenters. The summed E-state index contributed by atoms with van der Waals surface area (Å²) >= 11 is 7.84. The minimum absolute atomic E-state index is 0.132. The first-order valence-electron chi connectivity index (χ1n) is 11.9. The summed E-state index contributed by atoms with van der Waals surface area (Å²) in [6.45, 7) is 8.84. The standard InChI is InChI=1S/C25H31ClN6O3S/c1-15-16(2)36-25-22(15)23(18-4-6-19(26)7-5-18)29-20(24-31-30-17(3)32(24)25)14-21(33)28-9-11-35-13-12-34-10-8-27/h4-7,20H,8-14,27H2,1-3H3,(H,28,33). The molecule has 1 aromatic carbocycles. The lowest BCUT2D eigenvalue weighted by Gasteiger charge is -2.13. The number of nitrogens with one attached hydrogen (secondary N) is 1. The third-order valence-electron chi connectivity index (χ3n) is 5.94. The zero-order valence-electron chi connectivity index (χ0n) is 20.7. The Morgan fingerprint density at radius 1 is 1.11 bits per heavy atom. The van der Waals surface area contributed by atoms with Crippen molar-refractivity contribution in [1.82, 2.24) is 20.1 Å². The van der Waals surface area contributed by atoms with Crippen LogP contribution in [0.15, 0.2) is 29.3 Å². The van der Waals surface area contributed by atoms with Crippen LogP contribution in [-0.4, -0.2) is 65.9 Å². The third kappa shape index (κ3) is 5.84. The van der Waals surface area contributed by atoms with Gasteiger partial charge in [-0.3, -0.25) is 14.4 Å². The molecule has 0 bridgehead atoms. The van der Waals surface area contributed by atoms with Gasteiger partial charge in [-0.25, -0.2) is 0 Å². The van der Waals surface area contributed by atoms with Crippen LogP contribution >= 0.6 is 22.9 Å². The number of fused-ring (bicyclic) bond motifs is 3. The Balaban J connectivity index is 1.56. The second-order valence-corrected chi connectivity index (χ2v) is 10.1. The van der Waals surface area contributed by atoms with Crippen molar-refractivity contribution in [1.29, 1.82) is 0 Å². The molecule has 3 aromatic rings. The van der Waals surface area contributed by atoms with Crippen LogP contribution in [0.2, 0.25) is 5.02 Å². The molecule has 3 heterocycles. The molecule has 1 aliphatic heterocycles. The number of carbonyl (C=O) groups excluding carboxylic acids is 1. The van der Waals surface area contributed by atoms with Crippen LogP contribution in [0.5, 0.6) is 0 Å². The number of nitrogens with zero attached hydrogens (tertiary/aromatic N) is 4. The number of aliphatic imine (C=N–C) groups is 1. The van der Waals surface area contributed by atoms with Gasteiger partial charge in [0.2, 0.25) is 5.91 Å². The first-order valence-corrected chi connectivity index (χ1v) is 13.1. The number of rotatable bonds is 11. The highest BCUT2D eigenvalue weighted by Crippen LogP contribution is 2.39. The van der Waals surface area contributed by atoms with Crippen molar-refractivity contribution in [3.05, 3.63) is 62.5 Å². The molecule has 2 aromatic heterocycles. The molecule has 0 aliphatic carbocycles. The molecule has 36 heavy (non-hydrogen) atoms. The molecule has 0 fully saturated rings. The second-order valence-electron chi connectivity index (χ2n) is 8.47. The number of aryl methyl sites for hydroxylation is 2. The Morgan fingerprint density at radius 3 is 2.56 bits per heavy atom. The van der Waals surface area contributed by atoms with Crippen molar-refractivity contribution < 1.29 is 14.3 Å². The lowest BCUT2D eigenvalue weighted by Crippen LogP contribution is -2.29. The van der Waals surface area contributed by atoms with Crippen molar-refractivity contribution in [2.75, 3.05) is 39.5 Å². The smallest absolute Gasteiger partial charge is 0.222 e. The van der Waals surface area contributed by atoms with E-state index in [0.717, 1.165) is 33.2 Å². The maximum atomic E-state index is 12.9. The molecule has 1 unspecified atom stereocenters. The Labute approximate surface area is 219 Å². The van der Waals surface area contributed by atoms with Gasteiger partial charge in [-0.05, 0) is 38.5 Å². The second kappa shape index (κ2) is 12.1. The van der Waals surface area contributed by atoms with E-state index in [1.165, 1.54) is 4.88 Å². The first-order chi connectivity index (χ1) is 17.4. The Bertz CT molecular complexity index is 1240. The number of nitrogens with two attached hydrogens (primary N) is 1. The van der Waals surface area contributed by atoms with E-state index in [1.807, 2.05) is 35.8 Å². The SMILES string of the molecule is Cc1sc2c(c1C)C(c1ccc(Cl)cc1)=NC(CC(=O)NCCOCCOCCN)c1nnc(C)n1-2. The molecule has 0 saturated heterocycles. The van der Waals surface area contributed by atoms with E-state index in [9.17, 15) is 4.79 Å². The van der Waals surface area contributed by atoms with Gasteiger partial charge in [-0.1, -0.05) is 23.7 Å².